The van der Waals surface area contributed by atoms with Crippen LogP contribution < -0.4 is 10.1 Å². The highest BCUT2D eigenvalue weighted by Crippen LogP contribution is 2.15. The van der Waals surface area contributed by atoms with Crippen LogP contribution in [0.3, 0.4) is 0 Å². The molecule has 7 heteroatoms. The Morgan fingerprint density at radius 3 is 3.00 bits per heavy atom. The fourth-order valence-electron chi connectivity index (χ4n) is 1.80. The summed E-state index contributed by atoms with van der Waals surface area (Å²) in [4.78, 5) is 15.8. The fourth-order valence-corrected chi connectivity index (χ4v) is 1.80. The standard InChI is InChI=1S/C14H15F2N3O2/c15-14(16)21-12-4-1-3-11(9-12)13(20)18-5-2-7-19-8-6-17-10-19/h1,3-4,6,8-10,14H,2,5,7H2,(H,18,20). The minimum absolute atomic E-state index is 0.0314. The third-order valence-corrected chi connectivity index (χ3v) is 2.76. The van der Waals surface area contributed by atoms with Crippen LogP contribution in [-0.4, -0.2) is 28.6 Å². The van der Waals surface area contributed by atoms with Crippen LogP contribution in [0.25, 0.3) is 0 Å². The fraction of sp³-hybridized carbons (Fsp3) is 0.286. The monoisotopic (exact) mass is 295 g/mol. The smallest absolute Gasteiger partial charge is 0.387 e. The number of amides is 1. The number of halogens is 2. The van der Waals surface area contributed by atoms with Gasteiger partial charge in [0.15, 0.2) is 0 Å². The highest BCUT2D eigenvalue weighted by molar-refractivity contribution is 5.94. The van der Waals surface area contributed by atoms with Gasteiger partial charge in [-0.1, -0.05) is 6.07 Å². The van der Waals surface area contributed by atoms with Crippen molar-refractivity contribution in [2.75, 3.05) is 6.54 Å². The van der Waals surface area contributed by atoms with E-state index in [0.29, 0.717) is 6.54 Å². The molecule has 0 bridgehead atoms. The lowest BCUT2D eigenvalue weighted by Gasteiger charge is -2.08. The van der Waals surface area contributed by atoms with Gasteiger partial charge < -0.3 is 14.6 Å². The van der Waals surface area contributed by atoms with Crippen LogP contribution in [0.5, 0.6) is 5.75 Å². The van der Waals surface area contributed by atoms with Gasteiger partial charge in [0, 0.05) is 31.0 Å². The highest BCUT2D eigenvalue weighted by atomic mass is 19.3. The lowest BCUT2D eigenvalue weighted by molar-refractivity contribution is -0.0498. The van der Waals surface area contributed by atoms with Crippen LogP contribution in [-0.2, 0) is 6.54 Å². The summed E-state index contributed by atoms with van der Waals surface area (Å²) in [7, 11) is 0. The number of nitrogens with zero attached hydrogens (tertiary/aromatic N) is 2. The molecule has 0 spiro atoms. The van der Waals surface area contributed by atoms with Crippen molar-refractivity contribution >= 4 is 5.91 Å². The summed E-state index contributed by atoms with van der Waals surface area (Å²) in [6.07, 6.45) is 5.97. The second-order valence-electron chi connectivity index (χ2n) is 4.32. The lowest BCUT2D eigenvalue weighted by Crippen LogP contribution is -2.25. The molecular formula is C14H15F2N3O2. The van der Waals surface area contributed by atoms with Crippen LogP contribution in [0.1, 0.15) is 16.8 Å². The molecule has 0 saturated carbocycles. The van der Waals surface area contributed by atoms with Crippen molar-refractivity contribution in [2.24, 2.45) is 0 Å². The Hall–Kier alpha value is -2.44. The van der Waals surface area contributed by atoms with Crippen molar-refractivity contribution in [3.8, 4) is 5.75 Å². The molecule has 5 nitrogen and oxygen atoms in total. The van der Waals surface area contributed by atoms with E-state index in [9.17, 15) is 13.6 Å². The van der Waals surface area contributed by atoms with Gasteiger partial charge in [0.2, 0.25) is 0 Å². The van der Waals surface area contributed by atoms with E-state index in [1.807, 2.05) is 10.8 Å². The maximum Gasteiger partial charge on any atom is 0.387 e. The molecule has 1 N–H and O–H groups in total. The molecule has 0 aliphatic rings. The van der Waals surface area contributed by atoms with Gasteiger partial charge in [-0.3, -0.25) is 4.79 Å². The Balaban J connectivity index is 1.79. The number of alkyl halides is 2. The van der Waals surface area contributed by atoms with E-state index >= 15 is 0 Å². The Morgan fingerprint density at radius 1 is 1.43 bits per heavy atom. The van der Waals surface area contributed by atoms with Gasteiger partial charge in [0.1, 0.15) is 5.75 Å². The minimum atomic E-state index is -2.90. The average molecular weight is 295 g/mol. The number of aryl methyl sites for hydroxylation is 1. The first-order valence-electron chi connectivity index (χ1n) is 6.44. The van der Waals surface area contributed by atoms with E-state index in [1.54, 1.807) is 18.6 Å². The molecule has 0 aliphatic carbocycles. The first-order chi connectivity index (χ1) is 10.1. The van der Waals surface area contributed by atoms with Gasteiger partial charge in [-0.2, -0.15) is 8.78 Å². The maximum atomic E-state index is 12.1. The summed E-state index contributed by atoms with van der Waals surface area (Å²) in [5.41, 5.74) is 0.288. The third kappa shape index (κ3) is 4.87. The van der Waals surface area contributed by atoms with E-state index in [2.05, 4.69) is 15.0 Å². The topological polar surface area (TPSA) is 56.2 Å². The van der Waals surface area contributed by atoms with E-state index in [1.165, 1.54) is 18.2 Å². The Labute approximate surface area is 120 Å². The van der Waals surface area contributed by atoms with Crippen LogP contribution in [0.15, 0.2) is 43.0 Å². The Kier molecular flexibility index (Phi) is 5.25. The SMILES string of the molecule is O=C(NCCCn1ccnc1)c1cccc(OC(F)F)c1. The molecule has 0 unspecified atom stereocenters. The van der Waals surface area contributed by atoms with Gasteiger partial charge in [-0.25, -0.2) is 4.98 Å². The highest BCUT2D eigenvalue weighted by Gasteiger charge is 2.09. The zero-order valence-corrected chi connectivity index (χ0v) is 11.2. The maximum absolute atomic E-state index is 12.1. The summed E-state index contributed by atoms with van der Waals surface area (Å²) in [5, 5.41) is 2.73. The molecule has 2 rings (SSSR count). The van der Waals surface area contributed by atoms with E-state index in [4.69, 9.17) is 0 Å². The van der Waals surface area contributed by atoms with E-state index < -0.39 is 6.61 Å². The van der Waals surface area contributed by atoms with Crippen molar-refractivity contribution < 1.29 is 18.3 Å². The van der Waals surface area contributed by atoms with Crippen LogP contribution in [0.2, 0.25) is 0 Å². The molecule has 1 amide bonds. The van der Waals surface area contributed by atoms with E-state index in [0.717, 1.165) is 13.0 Å². The van der Waals surface area contributed by atoms with Crippen molar-refractivity contribution in [1.29, 1.82) is 0 Å². The van der Waals surface area contributed by atoms with Crippen molar-refractivity contribution in [3.63, 3.8) is 0 Å². The average Bonchev–Trinajstić information content (AvgIpc) is 2.96. The van der Waals surface area contributed by atoms with Crippen LogP contribution >= 0.6 is 0 Å². The second-order valence-corrected chi connectivity index (χ2v) is 4.32. The predicted octanol–water partition coefficient (Wildman–Crippen LogP) is 2.30. The molecule has 1 aromatic carbocycles. The molecule has 1 heterocycles. The largest absolute Gasteiger partial charge is 0.435 e. The number of benzene rings is 1. The molecular weight excluding hydrogens is 280 g/mol. The number of rotatable bonds is 7. The molecule has 0 aliphatic heterocycles. The lowest BCUT2D eigenvalue weighted by atomic mass is 10.2. The third-order valence-electron chi connectivity index (χ3n) is 2.76. The minimum Gasteiger partial charge on any atom is -0.435 e. The van der Waals surface area contributed by atoms with Crippen LogP contribution in [0, 0.1) is 0 Å². The summed E-state index contributed by atoms with van der Waals surface area (Å²) >= 11 is 0. The normalized spacial score (nSPS) is 10.6. The van der Waals surface area contributed by atoms with Gasteiger partial charge in [0.25, 0.3) is 5.91 Å². The van der Waals surface area contributed by atoms with Crippen molar-refractivity contribution in [3.05, 3.63) is 48.5 Å². The predicted molar refractivity (Wildman–Crippen MR) is 72.3 cm³/mol. The molecule has 0 radical (unpaired) electrons. The Bertz CT molecular complexity index is 573. The second kappa shape index (κ2) is 7.37. The van der Waals surface area contributed by atoms with E-state index in [-0.39, 0.29) is 17.2 Å². The number of ether oxygens (including phenoxy) is 1. The Morgan fingerprint density at radius 2 is 2.29 bits per heavy atom. The number of hydrogen-bond acceptors (Lipinski definition) is 3. The van der Waals surface area contributed by atoms with Gasteiger partial charge in [-0.05, 0) is 24.6 Å². The number of carbonyl (C=O) groups excluding carboxylic acids is 1. The number of carbonyl (C=O) groups is 1. The summed E-state index contributed by atoms with van der Waals surface area (Å²) < 4.78 is 30.4. The van der Waals surface area contributed by atoms with Gasteiger partial charge in [-0.15, -0.1) is 0 Å². The summed E-state index contributed by atoms with van der Waals surface area (Å²) in [6, 6.07) is 5.71. The number of nitrogens with one attached hydrogen (secondary N) is 1. The molecule has 21 heavy (non-hydrogen) atoms. The molecule has 1 aromatic heterocycles. The number of imidazole rings is 1. The molecule has 0 saturated heterocycles. The van der Waals surface area contributed by atoms with Gasteiger partial charge >= 0.3 is 6.61 Å². The zero-order chi connectivity index (χ0) is 15.1. The quantitative estimate of drug-likeness (QED) is 0.797. The van der Waals surface area contributed by atoms with Crippen LogP contribution in [0.4, 0.5) is 8.78 Å². The molecule has 2 aromatic rings. The zero-order valence-electron chi connectivity index (χ0n) is 11.2. The molecule has 112 valence electrons. The summed E-state index contributed by atoms with van der Waals surface area (Å²) in [5.74, 6) is -0.351. The first kappa shape index (κ1) is 15.0. The number of aromatic nitrogens is 2. The number of hydrogen-bond donors (Lipinski definition) is 1. The first-order valence-corrected chi connectivity index (χ1v) is 6.44. The van der Waals surface area contributed by atoms with Crippen molar-refractivity contribution in [2.45, 2.75) is 19.6 Å². The molecule has 0 atom stereocenters. The van der Waals surface area contributed by atoms with Gasteiger partial charge in [0.05, 0.1) is 6.33 Å². The molecule has 0 fully saturated rings. The summed E-state index contributed by atoms with van der Waals surface area (Å²) in [6.45, 7) is -1.68. The van der Waals surface area contributed by atoms with Crippen molar-refractivity contribution in [1.82, 2.24) is 14.9 Å².